The van der Waals surface area contributed by atoms with Gasteiger partial charge in [-0.05, 0) is 24.3 Å². The molecule has 0 spiro atoms. The fraction of sp³-hybridized carbons (Fsp3) is 0. The molecule has 0 radical (unpaired) electrons. The van der Waals surface area contributed by atoms with Crippen LogP contribution in [-0.2, 0) is 0 Å². The summed E-state index contributed by atoms with van der Waals surface area (Å²) >= 11 is 5.87. The SMILES string of the molecule is Nc1nc2cccc(-c3ccc(Cl)cc3)n2n1. The predicted molar refractivity (Wildman–Crippen MR) is 67.8 cm³/mol. The number of halogens is 1. The van der Waals surface area contributed by atoms with E-state index in [9.17, 15) is 0 Å². The second kappa shape index (κ2) is 3.75. The summed E-state index contributed by atoms with van der Waals surface area (Å²) in [6, 6.07) is 13.3. The van der Waals surface area contributed by atoms with Crippen LogP contribution in [0.5, 0.6) is 0 Å². The molecule has 4 nitrogen and oxygen atoms in total. The first kappa shape index (κ1) is 10.1. The van der Waals surface area contributed by atoms with Crippen LogP contribution < -0.4 is 5.73 Å². The predicted octanol–water partition coefficient (Wildman–Crippen LogP) is 2.63. The molecule has 0 bridgehead atoms. The molecule has 0 fully saturated rings. The number of nitrogens with zero attached hydrogens (tertiary/aromatic N) is 3. The molecule has 2 heterocycles. The third-order valence-electron chi connectivity index (χ3n) is 2.52. The fourth-order valence-corrected chi connectivity index (χ4v) is 1.89. The molecule has 84 valence electrons. The molecule has 0 aliphatic heterocycles. The number of hydrogen-bond acceptors (Lipinski definition) is 3. The first-order chi connectivity index (χ1) is 8.24. The molecule has 0 saturated heterocycles. The van der Waals surface area contributed by atoms with Gasteiger partial charge in [0, 0.05) is 10.6 Å². The van der Waals surface area contributed by atoms with Gasteiger partial charge in [0.15, 0.2) is 5.65 Å². The van der Waals surface area contributed by atoms with E-state index < -0.39 is 0 Å². The Morgan fingerprint density at radius 2 is 1.82 bits per heavy atom. The summed E-state index contributed by atoms with van der Waals surface area (Å²) in [7, 11) is 0. The topological polar surface area (TPSA) is 56.2 Å². The monoisotopic (exact) mass is 244 g/mol. The highest BCUT2D eigenvalue weighted by Gasteiger charge is 2.06. The van der Waals surface area contributed by atoms with Crippen LogP contribution in [0.1, 0.15) is 0 Å². The minimum absolute atomic E-state index is 0.270. The van der Waals surface area contributed by atoms with Crippen molar-refractivity contribution in [3.63, 3.8) is 0 Å². The van der Waals surface area contributed by atoms with Gasteiger partial charge in [-0.2, -0.15) is 4.98 Å². The lowest BCUT2D eigenvalue weighted by Crippen LogP contribution is -1.94. The highest BCUT2D eigenvalue weighted by atomic mass is 35.5. The number of nitrogens with two attached hydrogens (primary N) is 1. The molecular weight excluding hydrogens is 236 g/mol. The molecule has 0 atom stereocenters. The molecular formula is C12H9ClN4. The second-order valence-electron chi connectivity index (χ2n) is 3.66. The smallest absolute Gasteiger partial charge is 0.240 e. The number of pyridine rings is 1. The lowest BCUT2D eigenvalue weighted by molar-refractivity contribution is 0.976. The van der Waals surface area contributed by atoms with Gasteiger partial charge in [0.2, 0.25) is 5.95 Å². The van der Waals surface area contributed by atoms with E-state index in [0.29, 0.717) is 5.02 Å². The van der Waals surface area contributed by atoms with E-state index in [1.165, 1.54) is 0 Å². The zero-order chi connectivity index (χ0) is 11.8. The summed E-state index contributed by atoms with van der Waals surface area (Å²) in [5, 5.41) is 4.87. The Kier molecular flexibility index (Phi) is 2.23. The van der Waals surface area contributed by atoms with Gasteiger partial charge >= 0.3 is 0 Å². The van der Waals surface area contributed by atoms with E-state index in [2.05, 4.69) is 10.1 Å². The Morgan fingerprint density at radius 1 is 1.06 bits per heavy atom. The largest absolute Gasteiger partial charge is 0.366 e. The maximum absolute atomic E-state index is 5.87. The van der Waals surface area contributed by atoms with Gasteiger partial charge in [0.1, 0.15) is 0 Å². The van der Waals surface area contributed by atoms with Crippen molar-refractivity contribution >= 4 is 23.2 Å². The maximum atomic E-state index is 5.87. The number of fused-ring (bicyclic) bond motifs is 1. The second-order valence-corrected chi connectivity index (χ2v) is 4.09. The third kappa shape index (κ3) is 1.72. The first-order valence-corrected chi connectivity index (χ1v) is 5.49. The van der Waals surface area contributed by atoms with Crippen LogP contribution in [0.2, 0.25) is 5.02 Å². The van der Waals surface area contributed by atoms with Crippen LogP contribution in [0.25, 0.3) is 16.9 Å². The Balaban J connectivity index is 2.26. The fourth-order valence-electron chi connectivity index (χ4n) is 1.76. The van der Waals surface area contributed by atoms with Crippen LogP contribution in [0.15, 0.2) is 42.5 Å². The minimum atomic E-state index is 0.270. The van der Waals surface area contributed by atoms with Crippen LogP contribution in [0, 0.1) is 0 Å². The van der Waals surface area contributed by atoms with Crippen molar-refractivity contribution in [3.05, 3.63) is 47.5 Å². The third-order valence-corrected chi connectivity index (χ3v) is 2.77. The summed E-state index contributed by atoms with van der Waals surface area (Å²) in [6.07, 6.45) is 0. The Morgan fingerprint density at radius 3 is 2.59 bits per heavy atom. The van der Waals surface area contributed by atoms with Gasteiger partial charge in [0.05, 0.1) is 5.69 Å². The number of anilines is 1. The van der Waals surface area contributed by atoms with Gasteiger partial charge in [-0.3, -0.25) is 0 Å². The summed E-state index contributed by atoms with van der Waals surface area (Å²) in [5.74, 6) is 0.270. The van der Waals surface area contributed by atoms with E-state index in [1.807, 2.05) is 42.5 Å². The van der Waals surface area contributed by atoms with Crippen molar-refractivity contribution < 1.29 is 0 Å². The number of benzene rings is 1. The van der Waals surface area contributed by atoms with Gasteiger partial charge in [-0.25, -0.2) is 4.52 Å². The standard InChI is InChI=1S/C12H9ClN4/c13-9-6-4-8(5-7-9)10-2-1-3-11-15-12(14)16-17(10)11/h1-7H,(H2,14,16). The Bertz CT molecular complexity index is 673. The summed E-state index contributed by atoms with van der Waals surface area (Å²) < 4.78 is 1.72. The molecule has 2 aromatic heterocycles. The normalized spacial score (nSPS) is 10.9. The summed E-state index contributed by atoms with van der Waals surface area (Å²) in [4.78, 5) is 4.12. The average molecular weight is 245 g/mol. The van der Waals surface area contributed by atoms with E-state index in [-0.39, 0.29) is 5.95 Å². The molecule has 17 heavy (non-hydrogen) atoms. The molecule has 0 amide bonds. The number of hydrogen-bond donors (Lipinski definition) is 1. The lowest BCUT2D eigenvalue weighted by atomic mass is 10.1. The zero-order valence-electron chi connectivity index (χ0n) is 8.84. The van der Waals surface area contributed by atoms with Crippen LogP contribution in [-0.4, -0.2) is 14.6 Å². The van der Waals surface area contributed by atoms with E-state index in [1.54, 1.807) is 4.52 Å². The number of nitrogen functional groups attached to an aromatic ring is 1. The molecule has 1 aromatic carbocycles. The van der Waals surface area contributed by atoms with Gasteiger partial charge in [0.25, 0.3) is 0 Å². The quantitative estimate of drug-likeness (QED) is 0.716. The minimum Gasteiger partial charge on any atom is -0.366 e. The number of rotatable bonds is 1. The van der Waals surface area contributed by atoms with Gasteiger partial charge in [-0.1, -0.05) is 29.8 Å². The van der Waals surface area contributed by atoms with Crippen LogP contribution in [0.4, 0.5) is 5.95 Å². The average Bonchev–Trinajstić information content (AvgIpc) is 2.70. The highest BCUT2D eigenvalue weighted by molar-refractivity contribution is 6.30. The molecule has 5 heteroatoms. The summed E-state index contributed by atoms with van der Waals surface area (Å²) in [6.45, 7) is 0. The van der Waals surface area contributed by atoms with E-state index >= 15 is 0 Å². The molecule has 3 rings (SSSR count). The molecule has 0 unspecified atom stereocenters. The van der Waals surface area contributed by atoms with Crippen molar-refractivity contribution in [2.75, 3.05) is 5.73 Å². The maximum Gasteiger partial charge on any atom is 0.240 e. The Labute approximate surface area is 103 Å². The van der Waals surface area contributed by atoms with Gasteiger partial charge < -0.3 is 5.73 Å². The van der Waals surface area contributed by atoms with Crippen molar-refractivity contribution in [2.24, 2.45) is 0 Å². The van der Waals surface area contributed by atoms with Gasteiger partial charge in [-0.15, -0.1) is 5.10 Å². The number of aromatic nitrogens is 3. The molecule has 0 saturated carbocycles. The molecule has 0 aliphatic rings. The highest BCUT2D eigenvalue weighted by Crippen LogP contribution is 2.22. The summed E-state index contributed by atoms with van der Waals surface area (Å²) in [5.41, 5.74) is 8.28. The first-order valence-electron chi connectivity index (χ1n) is 5.11. The molecule has 2 N–H and O–H groups in total. The Hall–Kier alpha value is -2.07. The van der Waals surface area contributed by atoms with Crippen molar-refractivity contribution in [1.82, 2.24) is 14.6 Å². The van der Waals surface area contributed by atoms with E-state index in [4.69, 9.17) is 17.3 Å². The van der Waals surface area contributed by atoms with Crippen molar-refractivity contribution in [1.29, 1.82) is 0 Å². The lowest BCUT2D eigenvalue weighted by Gasteiger charge is -2.03. The van der Waals surface area contributed by atoms with Crippen LogP contribution in [0.3, 0.4) is 0 Å². The van der Waals surface area contributed by atoms with Crippen molar-refractivity contribution in [3.8, 4) is 11.3 Å². The molecule has 0 aliphatic carbocycles. The van der Waals surface area contributed by atoms with E-state index in [0.717, 1.165) is 16.9 Å². The zero-order valence-corrected chi connectivity index (χ0v) is 9.59. The van der Waals surface area contributed by atoms with Crippen molar-refractivity contribution in [2.45, 2.75) is 0 Å². The van der Waals surface area contributed by atoms with Crippen LogP contribution >= 0.6 is 11.6 Å². The molecule has 3 aromatic rings.